The number of hydrogen-bond donors (Lipinski definition) is 3. The molecule has 0 radical (unpaired) electrons. The maximum Gasteiger partial charge on any atom is 0.253 e. The molecule has 1 aliphatic carbocycles. The Morgan fingerprint density at radius 1 is 1.30 bits per heavy atom. The number of aliphatic hydroxyl groups excluding tert-OH is 1. The number of aliphatic hydroxyl groups is 1. The van der Waals surface area contributed by atoms with Crippen LogP contribution >= 0.6 is 0 Å². The van der Waals surface area contributed by atoms with Crippen LogP contribution in [-0.2, 0) is 12.8 Å². The largest absolute Gasteiger partial charge is 0.391 e. The molecule has 4 N–H and O–H groups in total. The fourth-order valence-corrected chi connectivity index (χ4v) is 4.04. The lowest BCUT2D eigenvalue weighted by molar-refractivity contribution is 0.0948. The molecule has 8 nitrogen and oxygen atoms in total. The summed E-state index contributed by atoms with van der Waals surface area (Å²) in [5.74, 6) is 0.938. The summed E-state index contributed by atoms with van der Waals surface area (Å²) >= 11 is 0. The Morgan fingerprint density at radius 3 is 3.00 bits per heavy atom. The number of anilines is 2. The molecule has 0 saturated carbocycles. The minimum absolute atomic E-state index is 0.0502. The van der Waals surface area contributed by atoms with Gasteiger partial charge in [-0.25, -0.2) is 9.97 Å². The van der Waals surface area contributed by atoms with Crippen LogP contribution < -0.4 is 16.0 Å². The van der Waals surface area contributed by atoms with Gasteiger partial charge in [0.2, 0.25) is 0 Å². The lowest BCUT2D eigenvalue weighted by Crippen LogP contribution is -2.41. The Bertz CT molecular complexity index is 843. The summed E-state index contributed by atoms with van der Waals surface area (Å²) in [6.45, 7) is 0.878. The molecule has 142 valence electrons. The summed E-state index contributed by atoms with van der Waals surface area (Å²) in [4.78, 5) is 27.2. The molecule has 1 aliphatic heterocycles. The number of carbonyl (C=O) groups is 1. The van der Waals surface area contributed by atoms with Gasteiger partial charge in [-0.1, -0.05) is 0 Å². The van der Waals surface area contributed by atoms with Crippen molar-refractivity contribution in [1.82, 2.24) is 20.3 Å². The van der Waals surface area contributed by atoms with Crippen molar-refractivity contribution >= 4 is 17.5 Å². The molecule has 4 rings (SSSR count). The van der Waals surface area contributed by atoms with Gasteiger partial charge in [0.1, 0.15) is 18.0 Å². The maximum atomic E-state index is 12.8. The van der Waals surface area contributed by atoms with Gasteiger partial charge in [0, 0.05) is 31.5 Å². The summed E-state index contributed by atoms with van der Waals surface area (Å²) in [6.07, 6.45) is 9.21. The van der Waals surface area contributed by atoms with Crippen molar-refractivity contribution in [2.24, 2.45) is 0 Å². The standard InChI is InChI=1S/C19H24N6O2/c20-17-6-18(24-11-23-17)25-10-14(26)5-13(25)8-22-19(27)16-9-21-7-12-3-1-2-4-15(12)16/h6-7,9,11,13-14,26H,1-5,8,10H2,(H,22,27)(H2,20,23,24)/t13-,14-/m1/s1. The van der Waals surface area contributed by atoms with E-state index in [0.717, 1.165) is 31.2 Å². The minimum atomic E-state index is -0.464. The molecule has 27 heavy (non-hydrogen) atoms. The first-order valence-corrected chi connectivity index (χ1v) is 9.38. The average Bonchev–Trinajstić information content (AvgIpc) is 3.06. The summed E-state index contributed by atoms with van der Waals surface area (Å²) < 4.78 is 0. The van der Waals surface area contributed by atoms with E-state index in [2.05, 4.69) is 20.3 Å². The Labute approximate surface area is 157 Å². The van der Waals surface area contributed by atoms with Gasteiger partial charge >= 0.3 is 0 Å². The number of carbonyl (C=O) groups excluding carboxylic acids is 1. The van der Waals surface area contributed by atoms with Crippen LogP contribution in [0.2, 0.25) is 0 Å². The van der Waals surface area contributed by atoms with E-state index in [4.69, 9.17) is 5.73 Å². The van der Waals surface area contributed by atoms with Gasteiger partial charge in [-0.15, -0.1) is 0 Å². The number of pyridine rings is 1. The Kier molecular flexibility index (Phi) is 4.89. The summed E-state index contributed by atoms with van der Waals surface area (Å²) in [5.41, 5.74) is 8.73. The third-order valence-corrected chi connectivity index (χ3v) is 5.37. The van der Waals surface area contributed by atoms with Gasteiger partial charge in [-0.05, 0) is 43.2 Å². The van der Waals surface area contributed by atoms with Crippen LogP contribution in [0.4, 0.5) is 11.6 Å². The van der Waals surface area contributed by atoms with Crippen molar-refractivity contribution < 1.29 is 9.90 Å². The van der Waals surface area contributed by atoms with Crippen molar-refractivity contribution in [2.45, 2.75) is 44.2 Å². The van der Waals surface area contributed by atoms with Crippen molar-refractivity contribution in [3.05, 3.63) is 41.5 Å². The lowest BCUT2D eigenvalue weighted by Gasteiger charge is -2.26. The zero-order valence-electron chi connectivity index (χ0n) is 15.1. The van der Waals surface area contributed by atoms with E-state index >= 15 is 0 Å². The Balaban J connectivity index is 1.47. The number of hydrogen-bond acceptors (Lipinski definition) is 7. The van der Waals surface area contributed by atoms with Crippen LogP contribution in [0.5, 0.6) is 0 Å². The van der Waals surface area contributed by atoms with E-state index < -0.39 is 6.10 Å². The minimum Gasteiger partial charge on any atom is -0.391 e. The summed E-state index contributed by atoms with van der Waals surface area (Å²) in [7, 11) is 0. The number of aromatic nitrogens is 3. The SMILES string of the molecule is Nc1cc(N2C[C@H](O)C[C@@H]2CNC(=O)c2cncc3c2CCCC3)ncn1. The number of rotatable bonds is 4. The quantitative estimate of drug-likeness (QED) is 0.727. The molecule has 0 spiro atoms. The molecule has 1 fully saturated rings. The number of nitrogens with two attached hydrogens (primary N) is 1. The lowest BCUT2D eigenvalue weighted by atomic mass is 9.90. The second-order valence-electron chi connectivity index (χ2n) is 7.24. The maximum absolute atomic E-state index is 12.8. The fraction of sp³-hybridized carbons (Fsp3) is 0.474. The van der Waals surface area contributed by atoms with E-state index in [9.17, 15) is 9.90 Å². The third-order valence-electron chi connectivity index (χ3n) is 5.37. The Morgan fingerprint density at radius 2 is 2.15 bits per heavy atom. The second-order valence-corrected chi connectivity index (χ2v) is 7.24. The number of nitrogen functional groups attached to an aromatic ring is 1. The number of β-amino-alcohol motifs (C(OH)–C–C–N with tert-alkyl or cyclic N) is 1. The molecular weight excluding hydrogens is 344 g/mol. The second kappa shape index (κ2) is 7.48. The normalized spacial score (nSPS) is 21.7. The molecule has 0 bridgehead atoms. The number of amides is 1. The molecule has 2 aromatic heterocycles. The van der Waals surface area contributed by atoms with Gasteiger partial charge in [0.05, 0.1) is 17.7 Å². The molecule has 2 aromatic rings. The smallest absolute Gasteiger partial charge is 0.253 e. The first kappa shape index (κ1) is 17.7. The first-order chi connectivity index (χ1) is 13.1. The van der Waals surface area contributed by atoms with Gasteiger partial charge < -0.3 is 21.1 Å². The van der Waals surface area contributed by atoms with Crippen molar-refractivity contribution in [3.63, 3.8) is 0 Å². The van der Waals surface area contributed by atoms with Gasteiger partial charge in [-0.3, -0.25) is 9.78 Å². The molecule has 8 heteroatoms. The molecule has 1 saturated heterocycles. The zero-order chi connectivity index (χ0) is 18.8. The number of aryl methyl sites for hydroxylation is 1. The number of nitrogens with zero attached hydrogens (tertiary/aromatic N) is 4. The first-order valence-electron chi connectivity index (χ1n) is 9.38. The van der Waals surface area contributed by atoms with Crippen LogP contribution in [0.15, 0.2) is 24.8 Å². The van der Waals surface area contributed by atoms with Crippen LogP contribution in [-0.4, -0.2) is 51.2 Å². The van der Waals surface area contributed by atoms with Crippen molar-refractivity contribution in [1.29, 1.82) is 0 Å². The van der Waals surface area contributed by atoms with Gasteiger partial charge in [-0.2, -0.15) is 0 Å². The van der Waals surface area contributed by atoms with Crippen molar-refractivity contribution in [3.8, 4) is 0 Å². The van der Waals surface area contributed by atoms with E-state index in [1.165, 1.54) is 11.9 Å². The number of nitrogens with one attached hydrogen (secondary N) is 1. The molecule has 1 amide bonds. The molecule has 2 atom stereocenters. The Hall–Kier alpha value is -2.74. The van der Waals surface area contributed by atoms with Crippen LogP contribution in [0.1, 0.15) is 40.7 Å². The highest BCUT2D eigenvalue weighted by Gasteiger charge is 2.32. The highest BCUT2D eigenvalue weighted by molar-refractivity contribution is 5.95. The molecule has 0 aromatic carbocycles. The van der Waals surface area contributed by atoms with Crippen LogP contribution in [0, 0.1) is 0 Å². The predicted octanol–water partition coefficient (Wildman–Crippen LogP) is 0.702. The van der Waals surface area contributed by atoms with Crippen LogP contribution in [0.3, 0.4) is 0 Å². The molecule has 3 heterocycles. The van der Waals surface area contributed by atoms with Gasteiger partial charge in [0.15, 0.2) is 0 Å². The fourth-order valence-electron chi connectivity index (χ4n) is 4.04. The summed E-state index contributed by atoms with van der Waals surface area (Å²) in [6, 6.07) is 1.63. The van der Waals surface area contributed by atoms with E-state index in [1.807, 2.05) is 11.1 Å². The van der Waals surface area contributed by atoms with E-state index in [0.29, 0.717) is 36.7 Å². The highest BCUT2D eigenvalue weighted by atomic mass is 16.3. The van der Waals surface area contributed by atoms with Crippen LogP contribution in [0.25, 0.3) is 0 Å². The molecule has 2 aliphatic rings. The summed E-state index contributed by atoms with van der Waals surface area (Å²) in [5, 5.41) is 13.1. The third kappa shape index (κ3) is 3.71. The topological polar surface area (TPSA) is 117 Å². The van der Waals surface area contributed by atoms with E-state index in [1.54, 1.807) is 12.3 Å². The number of fused-ring (bicyclic) bond motifs is 1. The van der Waals surface area contributed by atoms with Gasteiger partial charge in [0.25, 0.3) is 5.91 Å². The molecular formula is C19H24N6O2. The molecule has 0 unspecified atom stereocenters. The zero-order valence-corrected chi connectivity index (χ0v) is 15.1. The monoisotopic (exact) mass is 368 g/mol. The predicted molar refractivity (Wildman–Crippen MR) is 101 cm³/mol. The average molecular weight is 368 g/mol. The van der Waals surface area contributed by atoms with E-state index in [-0.39, 0.29) is 11.9 Å². The highest BCUT2D eigenvalue weighted by Crippen LogP contribution is 2.25. The van der Waals surface area contributed by atoms with Crippen molar-refractivity contribution in [2.75, 3.05) is 23.7 Å².